The molecule has 1 aromatic carbocycles. The maximum Gasteiger partial charge on any atom is 0.349 e. The average molecular weight is 359 g/mol. The van der Waals surface area contributed by atoms with E-state index in [0.29, 0.717) is 5.56 Å². The number of hydrogen-bond acceptors (Lipinski definition) is 7. The topological polar surface area (TPSA) is 110 Å². The maximum atomic E-state index is 12.0. The molecular formula is C18H17NO7. The van der Waals surface area contributed by atoms with Gasteiger partial charge in [-0.15, -0.1) is 0 Å². The summed E-state index contributed by atoms with van der Waals surface area (Å²) in [7, 11) is 1.42. The van der Waals surface area contributed by atoms with Crippen LogP contribution in [0.1, 0.15) is 45.9 Å². The Morgan fingerprint density at radius 2 is 2.00 bits per heavy atom. The van der Waals surface area contributed by atoms with E-state index in [0.717, 1.165) is 5.56 Å². The Morgan fingerprint density at radius 3 is 2.69 bits per heavy atom. The molecule has 1 aromatic heterocycles. The van der Waals surface area contributed by atoms with E-state index in [1.165, 1.54) is 13.2 Å². The second-order valence-electron chi connectivity index (χ2n) is 6.01. The molecule has 1 saturated heterocycles. The smallest absolute Gasteiger partial charge is 0.349 e. The minimum absolute atomic E-state index is 0.164. The molecular weight excluding hydrogens is 342 g/mol. The average Bonchev–Trinajstić information content (AvgIpc) is 2.67. The van der Waals surface area contributed by atoms with Crippen LogP contribution in [0.4, 0.5) is 0 Å². The van der Waals surface area contributed by atoms with Gasteiger partial charge in [0.2, 0.25) is 6.29 Å². The molecule has 2 aliphatic heterocycles. The summed E-state index contributed by atoms with van der Waals surface area (Å²) in [6.07, 6.45) is -2.60. The van der Waals surface area contributed by atoms with Gasteiger partial charge in [0, 0.05) is 18.2 Å². The second-order valence-corrected chi connectivity index (χ2v) is 6.01. The van der Waals surface area contributed by atoms with Crippen molar-refractivity contribution in [2.75, 3.05) is 13.7 Å². The lowest BCUT2D eigenvalue weighted by atomic mass is 9.97. The van der Waals surface area contributed by atoms with Gasteiger partial charge >= 0.3 is 5.63 Å². The summed E-state index contributed by atoms with van der Waals surface area (Å²) in [6, 6.07) is 10.8. The lowest BCUT2D eigenvalue weighted by Crippen LogP contribution is -2.42. The van der Waals surface area contributed by atoms with Crippen LogP contribution in [0.2, 0.25) is 0 Å². The highest BCUT2D eigenvalue weighted by Gasteiger charge is 2.44. The fourth-order valence-corrected chi connectivity index (χ4v) is 3.16. The molecule has 8 heteroatoms. The van der Waals surface area contributed by atoms with Gasteiger partial charge in [-0.1, -0.05) is 30.3 Å². The summed E-state index contributed by atoms with van der Waals surface area (Å²) in [5, 5.41) is 0. The van der Waals surface area contributed by atoms with Gasteiger partial charge in [-0.05, 0) is 6.07 Å². The third-order valence-corrected chi connectivity index (χ3v) is 4.40. The van der Waals surface area contributed by atoms with Crippen molar-refractivity contribution in [3.63, 3.8) is 0 Å². The minimum atomic E-state index is -0.902. The van der Waals surface area contributed by atoms with Crippen LogP contribution < -0.4 is 11.4 Å². The largest absolute Gasteiger partial charge is 0.421 e. The van der Waals surface area contributed by atoms with Gasteiger partial charge in [0.25, 0.3) is 5.91 Å². The van der Waals surface area contributed by atoms with Crippen LogP contribution in [0.5, 0.6) is 0 Å². The molecule has 0 bridgehead atoms. The highest BCUT2D eigenvalue weighted by atomic mass is 16.7. The first-order chi connectivity index (χ1) is 12.6. The minimum Gasteiger partial charge on any atom is -0.421 e. The zero-order chi connectivity index (χ0) is 18.3. The van der Waals surface area contributed by atoms with Crippen LogP contribution in [-0.4, -0.2) is 25.7 Å². The molecule has 0 saturated carbocycles. The van der Waals surface area contributed by atoms with E-state index >= 15 is 0 Å². The number of amides is 1. The molecule has 0 radical (unpaired) electrons. The number of benzene rings is 1. The molecule has 4 rings (SSSR count). The molecule has 136 valence electrons. The lowest BCUT2D eigenvalue weighted by Gasteiger charge is -2.41. The summed E-state index contributed by atoms with van der Waals surface area (Å²) >= 11 is 0. The third-order valence-electron chi connectivity index (χ3n) is 4.40. The molecule has 1 fully saturated rings. The maximum absolute atomic E-state index is 12.0. The molecule has 3 heterocycles. The van der Waals surface area contributed by atoms with Crippen LogP contribution in [0, 0.1) is 0 Å². The van der Waals surface area contributed by atoms with E-state index in [9.17, 15) is 9.59 Å². The Balaban J connectivity index is 1.76. The molecule has 4 atom stereocenters. The van der Waals surface area contributed by atoms with Crippen molar-refractivity contribution in [2.24, 2.45) is 5.73 Å². The summed E-state index contributed by atoms with van der Waals surface area (Å²) in [6.45, 7) is 0.245. The Hall–Kier alpha value is -2.52. The van der Waals surface area contributed by atoms with Crippen molar-refractivity contribution in [3.05, 3.63) is 69.3 Å². The van der Waals surface area contributed by atoms with E-state index in [1.54, 1.807) is 0 Å². The van der Waals surface area contributed by atoms with Crippen LogP contribution >= 0.6 is 0 Å². The SMILES string of the molecule is CO[C@H]1O[C@@H]2CO[C@@H](c3ccccc3)O[C@H]2c2cc(C(N)=O)c(=O)oc21. The fourth-order valence-electron chi connectivity index (χ4n) is 3.16. The summed E-state index contributed by atoms with van der Waals surface area (Å²) < 4.78 is 28.1. The second kappa shape index (κ2) is 6.65. The lowest BCUT2D eigenvalue weighted by molar-refractivity contribution is -0.310. The summed E-state index contributed by atoms with van der Waals surface area (Å²) in [5.74, 6) is -0.706. The highest BCUT2D eigenvalue weighted by Crippen LogP contribution is 2.44. The van der Waals surface area contributed by atoms with Crippen molar-refractivity contribution in [1.29, 1.82) is 0 Å². The number of rotatable bonds is 3. The molecule has 8 nitrogen and oxygen atoms in total. The Kier molecular flexibility index (Phi) is 4.33. The number of methoxy groups -OCH3 is 1. The predicted molar refractivity (Wildman–Crippen MR) is 87.1 cm³/mol. The number of carbonyl (C=O) groups is 1. The quantitative estimate of drug-likeness (QED) is 0.885. The van der Waals surface area contributed by atoms with E-state index < -0.39 is 36.3 Å². The van der Waals surface area contributed by atoms with Crippen molar-refractivity contribution < 1.29 is 28.2 Å². The van der Waals surface area contributed by atoms with E-state index in [4.69, 9.17) is 29.1 Å². The third kappa shape index (κ3) is 2.82. The first-order valence-electron chi connectivity index (χ1n) is 8.06. The summed E-state index contributed by atoms with van der Waals surface area (Å²) in [4.78, 5) is 23.5. The number of hydrogen-bond donors (Lipinski definition) is 1. The van der Waals surface area contributed by atoms with Crippen molar-refractivity contribution in [2.45, 2.75) is 24.8 Å². The zero-order valence-corrected chi connectivity index (χ0v) is 13.9. The molecule has 2 N–H and O–H groups in total. The Labute approximate surface area is 148 Å². The van der Waals surface area contributed by atoms with Crippen molar-refractivity contribution in [1.82, 2.24) is 0 Å². The molecule has 0 unspecified atom stereocenters. The normalized spacial score (nSPS) is 27.4. The van der Waals surface area contributed by atoms with Gasteiger partial charge in [0.15, 0.2) is 12.1 Å². The number of nitrogens with two attached hydrogens (primary N) is 1. The van der Waals surface area contributed by atoms with Crippen LogP contribution in [0.3, 0.4) is 0 Å². The number of ether oxygens (including phenoxy) is 4. The first-order valence-corrected chi connectivity index (χ1v) is 8.06. The van der Waals surface area contributed by atoms with Gasteiger partial charge in [-0.3, -0.25) is 4.79 Å². The van der Waals surface area contributed by atoms with Crippen molar-refractivity contribution in [3.8, 4) is 0 Å². The molecule has 0 aliphatic carbocycles. The predicted octanol–water partition coefficient (Wildman–Crippen LogP) is 1.57. The monoisotopic (exact) mass is 359 g/mol. The molecule has 2 aliphatic rings. The van der Waals surface area contributed by atoms with E-state index in [1.807, 2.05) is 30.3 Å². The Bertz CT molecular complexity index is 879. The Morgan fingerprint density at radius 1 is 1.23 bits per heavy atom. The van der Waals surface area contributed by atoms with E-state index in [-0.39, 0.29) is 17.9 Å². The summed E-state index contributed by atoms with van der Waals surface area (Å²) in [5.41, 5.74) is 5.52. The van der Waals surface area contributed by atoms with Gasteiger partial charge in [-0.25, -0.2) is 4.79 Å². The van der Waals surface area contributed by atoms with Gasteiger partial charge in [0.1, 0.15) is 17.8 Å². The number of primary amides is 1. The highest BCUT2D eigenvalue weighted by molar-refractivity contribution is 5.92. The molecule has 0 spiro atoms. The van der Waals surface area contributed by atoms with Gasteiger partial charge < -0.3 is 29.1 Å². The number of fused-ring (bicyclic) bond motifs is 3. The van der Waals surface area contributed by atoms with Crippen LogP contribution in [0.15, 0.2) is 45.6 Å². The van der Waals surface area contributed by atoms with E-state index in [2.05, 4.69) is 0 Å². The van der Waals surface area contributed by atoms with Crippen molar-refractivity contribution >= 4 is 5.91 Å². The zero-order valence-electron chi connectivity index (χ0n) is 13.9. The molecule has 2 aromatic rings. The van der Waals surface area contributed by atoms with Crippen LogP contribution in [-0.2, 0) is 18.9 Å². The van der Waals surface area contributed by atoms with Gasteiger partial charge in [-0.2, -0.15) is 0 Å². The molecule has 1 amide bonds. The van der Waals surface area contributed by atoms with Crippen LogP contribution in [0.25, 0.3) is 0 Å². The van der Waals surface area contributed by atoms with Gasteiger partial charge in [0.05, 0.1) is 6.61 Å². The number of carbonyl (C=O) groups excluding carboxylic acids is 1. The molecule has 26 heavy (non-hydrogen) atoms. The standard InChI is InChI=1S/C18H17NO7/c1-22-18-14-10(7-11(15(19)20)16(21)25-14)13-12(24-18)8-23-17(26-13)9-5-3-2-4-6-9/h2-7,12-13,17-18H,8H2,1H3,(H2,19,20)/t12-,13+,17-,18+/m1/s1. The fraction of sp³-hybridized carbons (Fsp3) is 0.333. The first kappa shape index (κ1) is 16.9.